The molecule has 0 atom stereocenters. The van der Waals surface area contributed by atoms with Gasteiger partial charge in [-0.25, -0.2) is 0 Å². The molecule has 1 fully saturated rings. The predicted octanol–water partition coefficient (Wildman–Crippen LogP) is 7.71. The van der Waals surface area contributed by atoms with Crippen LogP contribution in [0.5, 0.6) is 0 Å². The first kappa shape index (κ1) is 23.4. The highest BCUT2D eigenvalue weighted by atomic mass is 16.7. The largest absolute Gasteiger partial charge is 0.496 e. The lowest BCUT2D eigenvalue weighted by Gasteiger charge is -2.32. The molecule has 1 aliphatic heterocycles. The Bertz CT molecular complexity index is 1460. The second-order valence-corrected chi connectivity index (χ2v) is 10.1. The first-order valence-corrected chi connectivity index (χ1v) is 12.1. The molecule has 3 heteroatoms. The molecule has 4 aromatic rings. The van der Waals surface area contributed by atoms with E-state index < -0.39 is 18.3 Å². The number of hydrogen-bond acceptors (Lipinski definition) is 2. The Morgan fingerprint density at radius 1 is 0.743 bits per heavy atom. The summed E-state index contributed by atoms with van der Waals surface area (Å²) in [6.45, 7) is 16.3. The van der Waals surface area contributed by atoms with Crippen LogP contribution in [0.25, 0.3) is 38.2 Å². The Morgan fingerprint density at radius 3 is 1.97 bits per heavy atom. The summed E-state index contributed by atoms with van der Waals surface area (Å²) in [4.78, 5) is 0. The third-order valence-electron chi connectivity index (χ3n) is 7.47. The maximum atomic E-state index is 6.59. The molecule has 0 bridgehead atoms. The van der Waals surface area contributed by atoms with E-state index in [4.69, 9.17) is 9.31 Å². The molecule has 1 aliphatic rings. The standard InChI is InChI=1S/C32H31BO2/c1-7-14-22(8-2)24-19-20-27-28(21-24)29(23-15-10-9-11-16-23)25-17-12-13-18-26(25)30(27)33-34-31(3,4)32(5,6)35-33/h7-21H,1-2H2,3-6H3/b22-14+. The minimum atomic E-state index is -0.467. The molecule has 1 heterocycles. The van der Waals surface area contributed by atoms with Crippen molar-refractivity contribution in [3.05, 3.63) is 110 Å². The number of fused-ring (bicyclic) bond motifs is 2. The molecule has 35 heavy (non-hydrogen) atoms. The van der Waals surface area contributed by atoms with Gasteiger partial charge >= 0.3 is 7.12 Å². The highest BCUT2D eigenvalue weighted by molar-refractivity contribution is 6.69. The quantitative estimate of drug-likeness (QED) is 0.173. The van der Waals surface area contributed by atoms with Crippen LogP contribution in [0.3, 0.4) is 0 Å². The summed E-state index contributed by atoms with van der Waals surface area (Å²) >= 11 is 0. The van der Waals surface area contributed by atoms with E-state index in [2.05, 4.69) is 114 Å². The molecule has 0 N–H and O–H groups in total. The molecular weight excluding hydrogens is 427 g/mol. The number of hydrogen-bond donors (Lipinski definition) is 0. The summed E-state index contributed by atoms with van der Waals surface area (Å²) in [5.41, 5.74) is 4.75. The SMILES string of the molecule is C=C/C=C(\C=C)c1ccc2c(B3OC(C)(C)C(C)(C)O3)c3ccccc3c(-c3ccccc3)c2c1. The van der Waals surface area contributed by atoms with Crippen molar-refractivity contribution in [2.45, 2.75) is 38.9 Å². The van der Waals surface area contributed by atoms with E-state index in [9.17, 15) is 0 Å². The number of rotatable bonds is 5. The summed E-state index contributed by atoms with van der Waals surface area (Å²) in [6.07, 6.45) is 5.67. The van der Waals surface area contributed by atoms with Crippen molar-refractivity contribution in [1.82, 2.24) is 0 Å². The Morgan fingerprint density at radius 2 is 1.34 bits per heavy atom. The van der Waals surface area contributed by atoms with Crippen LogP contribution in [-0.4, -0.2) is 18.3 Å². The lowest BCUT2D eigenvalue weighted by atomic mass is 9.71. The molecule has 2 nitrogen and oxygen atoms in total. The second-order valence-electron chi connectivity index (χ2n) is 10.1. The van der Waals surface area contributed by atoms with Crippen molar-refractivity contribution in [3.63, 3.8) is 0 Å². The van der Waals surface area contributed by atoms with Gasteiger partial charge in [-0.2, -0.15) is 0 Å². The van der Waals surface area contributed by atoms with Crippen molar-refractivity contribution in [3.8, 4) is 11.1 Å². The zero-order valence-corrected chi connectivity index (χ0v) is 21.0. The van der Waals surface area contributed by atoms with Gasteiger partial charge in [0.2, 0.25) is 0 Å². The lowest BCUT2D eigenvalue weighted by molar-refractivity contribution is 0.00578. The minimum absolute atomic E-state index is 0.425. The van der Waals surface area contributed by atoms with Gasteiger partial charge < -0.3 is 9.31 Å². The van der Waals surface area contributed by atoms with Crippen LogP contribution >= 0.6 is 0 Å². The maximum Gasteiger partial charge on any atom is 0.496 e. The Kier molecular flexibility index (Phi) is 5.79. The summed E-state index contributed by atoms with van der Waals surface area (Å²) in [6, 6.07) is 25.8. The van der Waals surface area contributed by atoms with Crippen LogP contribution in [-0.2, 0) is 9.31 Å². The van der Waals surface area contributed by atoms with Gasteiger partial charge in [0.15, 0.2) is 0 Å². The first-order valence-electron chi connectivity index (χ1n) is 12.1. The van der Waals surface area contributed by atoms with Gasteiger partial charge in [0, 0.05) is 0 Å². The molecule has 0 unspecified atom stereocenters. The fourth-order valence-corrected chi connectivity index (χ4v) is 4.93. The van der Waals surface area contributed by atoms with E-state index in [-0.39, 0.29) is 0 Å². The van der Waals surface area contributed by atoms with E-state index in [0.717, 1.165) is 32.8 Å². The summed E-state index contributed by atoms with van der Waals surface area (Å²) in [5, 5.41) is 4.62. The maximum absolute atomic E-state index is 6.59. The third-order valence-corrected chi connectivity index (χ3v) is 7.47. The van der Waals surface area contributed by atoms with Gasteiger partial charge in [0.25, 0.3) is 0 Å². The zero-order valence-electron chi connectivity index (χ0n) is 21.0. The smallest absolute Gasteiger partial charge is 0.399 e. The second kappa shape index (κ2) is 8.68. The first-order chi connectivity index (χ1) is 16.8. The van der Waals surface area contributed by atoms with Gasteiger partial charge in [0.05, 0.1) is 11.2 Å². The van der Waals surface area contributed by atoms with Crippen molar-refractivity contribution < 1.29 is 9.31 Å². The van der Waals surface area contributed by atoms with Gasteiger partial charge in [-0.3, -0.25) is 0 Å². The van der Waals surface area contributed by atoms with Crippen molar-refractivity contribution in [2.24, 2.45) is 0 Å². The highest BCUT2D eigenvalue weighted by Gasteiger charge is 2.52. The summed E-state index contributed by atoms with van der Waals surface area (Å²) < 4.78 is 13.2. The predicted molar refractivity (Wildman–Crippen MR) is 151 cm³/mol. The molecule has 0 aromatic heterocycles. The Balaban J connectivity index is 1.90. The molecule has 0 aliphatic carbocycles. The molecule has 174 valence electrons. The van der Waals surface area contributed by atoms with Crippen molar-refractivity contribution in [2.75, 3.05) is 0 Å². The normalized spacial score (nSPS) is 17.1. The summed E-state index contributed by atoms with van der Waals surface area (Å²) in [7, 11) is -0.467. The fourth-order valence-electron chi connectivity index (χ4n) is 4.93. The van der Waals surface area contributed by atoms with Crippen LogP contribution in [0.1, 0.15) is 33.3 Å². The van der Waals surface area contributed by atoms with E-state index in [1.165, 1.54) is 16.5 Å². The monoisotopic (exact) mass is 458 g/mol. The topological polar surface area (TPSA) is 18.5 Å². The number of allylic oxidation sites excluding steroid dienone is 4. The fraction of sp³-hybridized carbons (Fsp3) is 0.188. The molecule has 1 saturated heterocycles. The van der Waals surface area contributed by atoms with Crippen LogP contribution in [0.4, 0.5) is 0 Å². The molecule has 0 amide bonds. The molecule has 0 radical (unpaired) electrons. The summed E-state index contributed by atoms with van der Waals surface area (Å²) in [5.74, 6) is 0. The van der Waals surface area contributed by atoms with Crippen LogP contribution < -0.4 is 5.46 Å². The average Bonchev–Trinajstić information content (AvgIpc) is 3.07. The van der Waals surface area contributed by atoms with Gasteiger partial charge in [-0.05, 0) is 83.0 Å². The molecule has 0 spiro atoms. The molecule has 4 aromatic carbocycles. The van der Waals surface area contributed by atoms with E-state index in [1.54, 1.807) is 6.08 Å². The van der Waals surface area contributed by atoms with E-state index in [0.29, 0.717) is 0 Å². The molecular formula is C32H31BO2. The Hall–Kier alpha value is -3.40. The number of benzene rings is 4. The van der Waals surface area contributed by atoms with Crippen molar-refractivity contribution in [1.29, 1.82) is 0 Å². The molecule has 0 saturated carbocycles. The van der Waals surface area contributed by atoms with Crippen LogP contribution in [0, 0.1) is 0 Å². The van der Waals surface area contributed by atoms with Crippen LogP contribution in [0.15, 0.2) is 104 Å². The van der Waals surface area contributed by atoms with Crippen LogP contribution in [0.2, 0.25) is 0 Å². The third kappa shape index (κ3) is 3.85. The zero-order chi connectivity index (χ0) is 24.8. The highest BCUT2D eigenvalue weighted by Crippen LogP contribution is 2.41. The minimum Gasteiger partial charge on any atom is -0.399 e. The van der Waals surface area contributed by atoms with E-state index in [1.807, 2.05) is 12.2 Å². The van der Waals surface area contributed by atoms with Crippen molar-refractivity contribution >= 4 is 39.7 Å². The van der Waals surface area contributed by atoms with Gasteiger partial charge in [-0.1, -0.05) is 98.1 Å². The average molecular weight is 458 g/mol. The van der Waals surface area contributed by atoms with Gasteiger partial charge in [0.1, 0.15) is 0 Å². The lowest BCUT2D eigenvalue weighted by Crippen LogP contribution is -2.41. The van der Waals surface area contributed by atoms with Gasteiger partial charge in [-0.15, -0.1) is 0 Å². The van der Waals surface area contributed by atoms with E-state index >= 15 is 0 Å². The molecule has 5 rings (SSSR count). The Labute approximate surface area is 208 Å².